The van der Waals surface area contributed by atoms with Crippen molar-refractivity contribution in [1.82, 2.24) is 9.97 Å². The molecule has 0 radical (unpaired) electrons. The molecule has 284 valence electrons. The van der Waals surface area contributed by atoms with Crippen LogP contribution in [-0.2, 0) is 42.4 Å². The monoisotopic (exact) mass is 852 g/mol. The van der Waals surface area contributed by atoms with E-state index in [-0.39, 0.29) is 48.7 Å². The number of oxazole rings is 2. The quantitative estimate of drug-likeness (QED) is 0.0797. The van der Waals surface area contributed by atoms with E-state index in [1.54, 1.807) is 6.92 Å². The second-order valence-corrected chi connectivity index (χ2v) is 13.3. The molecule has 16 heteroatoms. The number of alkyl halides is 7. The third kappa shape index (κ3) is 12.3. The van der Waals surface area contributed by atoms with Crippen LogP contribution in [0.5, 0.6) is 0 Å². The molecule has 5 rings (SSSR count). The summed E-state index contributed by atoms with van der Waals surface area (Å²) in [6.45, 7) is 6.06. The van der Waals surface area contributed by atoms with Gasteiger partial charge in [-0.2, -0.15) is 26.3 Å². The Kier molecular flexibility index (Phi) is 14.7. The van der Waals surface area contributed by atoms with Gasteiger partial charge in [0.15, 0.2) is 6.10 Å². The molecular weight excluding hydrogens is 813 g/mol. The summed E-state index contributed by atoms with van der Waals surface area (Å²) in [7, 11) is 0. The molecule has 1 aliphatic carbocycles. The first-order chi connectivity index (χ1) is 24.5. The molecular formula is C36H39F6IN2O7. The molecule has 3 atom stereocenters. The standard InChI is InChI=1S/C25H32F3NO6.C11H7F3INO/c1-15(2)12-34-22(24(30)31)14-33-20-9-5-8-19(11-20)32-13-21-16(3)35-23(29-21)17-6-4-7-18(10-17)25(26,27)28;12-11(13,14)8-3-1-2-7(4-8)10-16-9(5-15)6-17-10/h4,6-7,10,15,19-20,22H,5,8-9,11-14H2,1-3H3,(H,30,31);1-4,6H,5H2/t19-,20+,22?;/m0./s1. The normalized spacial score (nSPS) is 17.1. The van der Waals surface area contributed by atoms with Crippen molar-refractivity contribution in [3.05, 3.63) is 83.1 Å². The lowest BCUT2D eigenvalue weighted by molar-refractivity contribution is -0.158. The van der Waals surface area contributed by atoms with Crippen LogP contribution in [0, 0.1) is 12.8 Å². The number of aromatic nitrogens is 2. The van der Waals surface area contributed by atoms with Gasteiger partial charge in [0.2, 0.25) is 11.8 Å². The van der Waals surface area contributed by atoms with E-state index in [0.717, 1.165) is 43.5 Å². The lowest BCUT2D eigenvalue weighted by Gasteiger charge is -2.30. The molecule has 1 saturated carbocycles. The fourth-order valence-electron chi connectivity index (χ4n) is 5.17. The van der Waals surface area contributed by atoms with Crippen LogP contribution >= 0.6 is 22.6 Å². The van der Waals surface area contributed by atoms with Gasteiger partial charge in [0, 0.05) is 15.6 Å². The Morgan fingerprint density at radius 1 is 0.923 bits per heavy atom. The Morgan fingerprint density at radius 2 is 1.52 bits per heavy atom. The highest BCUT2D eigenvalue weighted by atomic mass is 127. The molecule has 2 aromatic heterocycles. The second-order valence-electron chi connectivity index (χ2n) is 12.6. The Bertz CT molecular complexity index is 1740. The number of aryl methyl sites for hydroxylation is 1. The van der Waals surface area contributed by atoms with Crippen LogP contribution in [-0.4, -0.2) is 52.6 Å². The van der Waals surface area contributed by atoms with E-state index >= 15 is 0 Å². The number of aliphatic carboxylic acids is 1. The number of rotatable bonds is 13. The topological polar surface area (TPSA) is 117 Å². The van der Waals surface area contributed by atoms with Crippen LogP contribution < -0.4 is 0 Å². The molecule has 0 spiro atoms. The minimum atomic E-state index is -4.45. The van der Waals surface area contributed by atoms with Gasteiger partial charge in [0.1, 0.15) is 17.7 Å². The van der Waals surface area contributed by atoms with Gasteiger partial charge in [0.25, 0.3) is 0 Å². The summed E-state index contributed by atoms with van der Waals surface area (Å²) in [5.74, 6) is -0.0284. The number of carboxylic acids is 1. The van der Waals surface area contributed by atoms with E-state index in [0.29, 0.717) is 40.2 Å². The van der Waals surface area contributed by atoms with Crippen molar-refractivity contribution in [1.29, 1.82) is 0 Å². The Morgan fingerprint density at radius 3 is 2.06 bits per heavy atom. The van der Waals surface area contributed by atoms with Gasteiger partial charge in [-0.1, -0.05) is 48.6 Å². The number of hydrogen-bond donors (Lipinski definition) is 1. The molecule has 9 nitrogen and oxygen atoms in total. The van der Waals surface area contributed by atoms with Crippen molar-refractivity contribution in [2.45, 2.75) is 88.2 Å². The summed E-state index contributed by atoms with van der Waals surface area (Å²) in [6, 6.07) is 9.77. The van der Waals surface area contributed by atoms with E-state index in [4.69, 9.17) is 23.0 Å². The average Bonchev–Trinajstić information content (AvgIpc) is 3.74. The zero-order valence-corrected chi connectivity index (χ0v) is 30.8. The zero-order valence-electron chi connectivity index (χ0n) is 28.6. The summed E-state index contributed by atoms with van der Waals surface area (Å²) in [4.78, 5) is 19.8. The number of nitrogens with zero attached hydrogens (tertiary/aromatic N) is 2. The number of carboxylic acid groups (broad SMARTS) is 1. The lowest BCUT2D eigenvalue weighted by atomic mass is 9.95. The van der Waals surface area contributed by atoms with Gasteiger partial charge in [-0.3, -0.25) is 0 Å². The Hall–Kier alpha value is -3.48. The number of ether oxygens (including phenoxy) is 3. The lowest BCUT2D eigenvalue weighted by Crippen LogP contribution is -2.35. The van der Waals surface area contributed by atoms with Gasteiger partial charge in [-0.15, -0.1) is 0 Å². The molecule has 1 N–H and O–H groups in total. The number of benzene rings is 2. The molecule has 0 saturated heterocycles. The van der Waals surface area contributed by atoms with Crippen molar-refractivity contribution in [3.63, 3.8) is 0 Å². The third-order valence-corrected chi connectivity index (χ3v) is 8.66. The first kappa shape index (κ1) is 41.3. The zero-order chi connectivity index (χ0) is 38.1. The van der Waals surface area contributed by atoms with Crippen molar-refractivity contribution >= 4 is 28.6 Å². The van der Waals surface area contributed by atoms with Crippen molar-refractivity contribution in [2.24, 2.45) is 5.92 Å². The van der Waals surface area contributed by atoms with E-state index in [1.165, 1.54) is 30.5 Å². The SMILES string of the molecule is Cc1oc(-c2cccc(C(F)(F)F)c2)nc1CO[C@H]1CCC[C@@H](OCC(OCC(C)C)C(=O)O)C1.FC(F)(F)c1cccc(-c2nc(CI)co2)c1. The summed E-state index contributed by atoms with van der Waals surface area (Å²) in [5.41, 5.74) is 0.330. The summed E-state index contributed by atoms with van der Waals surface area (Å²) < 4.78 is 105. The maximum Gasteiger partial charge on any atom is 0.416 e. The predicted octanol–water partition coefficient (Wildman–Crippen LogP) is 9.93. The van der Waals surface area contributed by atoms with Crippen LogP contribution in [0.3, 0.4) is 0 Å². The number of carbonyl (C=O) groups is 1. The molecule has 1 fully saturated rings. The summed E-state index contributed by atoms with van der Waals surface area (Å²) >= 11 is 2.10. The molecule has 2 heterocycles. The van der Waals surface area contributed by atoms with Crippen LogP contribution in [0.15, 0.2) is 63.6 Å². The molecule has 2 aromatic carbocycles. The van der Waals surface area contributed by atoms with Crippen molar-refractivity contribution in [3.8, 4) is 22.9 Å². The molecule has 0 aliphatic heterocycles. The van der Waals surface area contributed by atoms with Crippen LogP contribution in [0.4, 0.5) is 26.3 Å². The van der Waals surface area contributed by atoms with Crippen LogP contribution in [0.1, 0.15) is 67.8 Å². The van der Waals surface area contributed by atoms with Crippen LogP contribution in [0.2, 0.25) is 0 Å². The van der Waals surface area contributed by atoms with Crippen molar-refractivity contribution < 1.29 is 59.3 Å². The minimum absolute atomic E-state index is 0.0256. The third-order valence-electron chi connectivity index (χ3n) is 7.88. The maximum atomic E-state index is 13.0. The number of hydrogen-bond acceptors (Lipinski definition) is 8. The molecule has 52 heavy (non-hydrogen) atoms. The predicted molar refractivity (Wildman–Crippen MR) is 185 cm³/mol. The highest BCUT2D eigenvalue weighted by Crippen LogP contribution is 2.34. The van der Waals surface area contributed by atoms with E-state index in [2.05, 4.69) is 32.6 Å². The molecule has 4 aromatic rings. The average molecular weight is 853 g/mol. The highest BCUT2D eigenvalue weighted by Gasteiger charge is 2.32. The molecule has 1 aliphatic rings. The van der Waals surface area contributed by atoms with E-state index in [9.17, 15) is 36.2 Å². The van der Waals surface area contributed by atoms with Crippen molar-refractivity contribution in [2.75, 3.05) is 13.2 Å². The van der Waals surface area contributed by atoms with Gasteiger partial charge in [0.05, 0.1) is 48.8 Å². The summed E-state index contributed by atoms with van der Waals surface area (Å²) in [5, 5.41) is 9.34. The Labute approximate surface area is 310 Å². The van der Waals surface area contributed by atoms with Gasteiger partial charge < -0.3 is 28.2 Å². The molecule has 0 amide bonds. The fraction of sp³-hybridized carbons (Fsp3) is 0.472. The fourth-order valence-corrected chi connectivity index (χ4v) is 5.52. The maximum absolute atomic E-state index is 13.0. The first-order valence-electron chi connectivity index (χ1n) is 16.4. The van der Waals surface area contributed by atoms with Gasteiger partial charge >= 0.3 is 18.3 Å². The van der Waals surface area contributed by atoms with Gasteiger partial charge in [-0.05, 0) is 74.9 Å². The molecule has 0 bridgehead atoms. The van der Waals surface area contributed by atoms with E-state index in [1.807, 2.05) is 13.8 Å². The van der Waals surface area contributed by atoms with E-state index < -0.39 is 35.6 Å². The van der Waals surface area contributed by atoms with Crippen LogP contribution in [0.25, 0.3) is 22.9 Å². The highest BCUT2D eigenvalue weighted by molar-refractivity contribution is 14.1. The second kappa shape index (κ2) is 18.5. The minimum Gasteiger partial charge on any atom is -0.479 e. The first-order valence-corrected chi connectivity index (χ1v) is 18.0. The summed E-state index contributed by atoms with van der Waals surface area (Å²) in [6.07, 6.45) is -5.51. The van der Waals surface area contributed by atoms with Gasteiger partial charge in [-0.25, -0.2) is 14.8 Å². The Balaban J connectivity index is 0.000000296. The number of halogens is 7. The molecule has 1 unspecified atom stereocenters. The largest absolute Gasteiger partial charge is 0.479 e. The smallest absolute Gasteiger partial charge is 0.416 e.